The maximum Gasteiger partial charge on any atom is 0.0493 e. The Morgan fingerprint density at radius 1 is 0.615 bits per heavy atom. The second-order valence-corrected chi connectivity index (χ2v) is 10.9. The van der Waals surface area contributed by atoms with Gasteiger partial charge >= 0.3 is 0 Å². The van der Waals surface area contributed by atoms with Gasteiger partial charge in [-0.25, -0.2) is 0 Å². The lowest BCUT2D eigenvalue weighted by atomic mass is 9.97. The van der Waals surface area contributed by atoms with Gasteiger partial charge in [-0.05, 0) is 58.2 Å². The van der Waals surface area contributed by atoms with Crippen LogP contribution in [0.25, 0.3) is 48.0 Å². The number of fused-ring (bicyclic) bond motifs is 4. The van der Waals surface area contributed by atoms with Crippen molar-refractivity contribution in [3.05, 3.63) is 152 Å². The lowest BCUT2D eigenvalue weighted by Crippen LogP contribution is -2.18. The fourth-order valence-electron chi connectivity index (χ4n) is 5.50. The number of benzene rings is 5. The predicted molar refractivity (Wildman–Crippen MR) is 171 cm³/mol. The number of allylic oxidation sites excluding steroid dienone is 4. The van der Waals surface area contributed by atoms with Crippen molar-refractivity contribution in [1.29, 1.82) is 0 Å². The minimum atomic E-state index is 0.794. The highest BCUT2D eigenvalue weighted by molar-refractivity contribution is 7.26. The SMILES string of the molecule is C=C1/C=C\C=C/CN(c2ccc(-c3cccc(-c4cccc5c4sc4ccccc45)c3)cc2)c2ccccc21. The number of hydrogen-bond acceptors (Lipinski definition) is 2. The number of anilines is 2. The number of hydrogen-bond donors (Lipinski definition) is 0. The summed E-state index contributed by atoms with van der Waals surface area (Å²) in [4.78, 5) is 2.35. The standard InChI is InChI=1S/C37H27NS/c1-26-11-3-2-8-24-38(35-18-6-4-14-31(26)35)30-22-20-27(21-23-30)28-12-9-13-29(25-28)32-16-10-17-34-33-15-5-7-19-36(33)39-37(32)34/h2-23,25H,1,24H2/b8-2-,11-3-. The molecule has 1 aliphatic heterocycles. The van der Waals surface area contributed by atoms with Gasteiger partial charge in [-0.1, -0.05) is 116 Å². The monoisotopic (exact) mass is 517 g/mol. The fraction of sp³-hybridized carbons (Fsp3) is 0.0270. The third-order valence-corrected chi connectivity index (χ3v) is 8.68. The molecule has 0 spiro atoms. The first-order valence-corrected chi connectivity index (χ1v) is 14.1. The molecule has 0 saturated carbocycles. The molecule has 39 heavy (non-hydrogen) atoms. The maximum absolute atomic E-state index is 4.30. The van der Waals surface area contributed by atoms with E-state index in [0.717, 1.165) is 23.4 Å². The molecule has 0 bridgehead atoms. The third-order valence-electron chi connectivity index (χ3n) is 7.46. The van der Waals surface area contributed by atoms with E-state index in [-0.39, 0.29) is 0 Å². The lowest BCUT2D eigenvalue weighted by molar-refractivity contribution is 1.09. The highest BCUT2D eigenvalue weighted by Crippen LogP contribution is 2.41. The minimum Gasteiger partial charge on any atom is -0.337 e. The molecule has 0 unspecified atom stereocenters. The fourth-order valence-corrected chi connectivity index (χ4v) is 6.74. The molecule has 6 aromatic rings. The Bertz CT molecular complexity index is 1900. The van der Waals surface area contributed by atoms with Crippen molar-refractivity contribution in [2.75, 3.05) is 11.4 Å². The van der Waals surface area contributed by atoms with Crippen LogP contribution in [-0.2, 0) is 0 Å². The van der Waals surface area contributed by atoms with E-state index in [1.165, 1.54) is 48.1 Å². The maximum atomic E-state index is 4.30. The molecule has 2 heteroatoms. The van der Waals surface area contributed by atoms with E-state index in [4.69, 9.17) is 0 Å². The Morgan fingerprint density at radius 2 is 1.36 bits per heavy atom. The summed E-state index contributed by atoms with van der Waals surface area (Å²) >= 11 is 1.88. The molecule has 0 N–H and O–H groups in total. The quantitative estimate of drug-likeness (QED) is 0.226. The molecule has 0 fully saturated rings. The van der Waals surface area contributed by atoms with Crippen molar-refractivity contribution in [3.63, 3.8) is 0 Å². The summed E-state index contributed by atoms with van der Waals surface area (Å²) < 4.78 is 2.68. The van der Waals surface area contributed by atoms with Gasteiger partial charge in [-0.3, -0.25) is 0 Å². The first-order valence-electron chi connectivity index (χ1n) is 13.3. The highest BCUT2D eigenvalue weighted by atomic mass is 32.1. The van der Waals surface area contributed by atoms with E-state index in [1.54, 1.807) is 0 Å². The minimum absolute atomic E-state index is 0.794. The molecule has 7 rings (SSSR count). The van der Waals surface area contributed by atoms with E-state index in [0.29, 0.717) is 0 Å². The van der Waals surface area contributed by atoms with Gasteiger partial charge in [0, 0.05) is 43.7 Å². The Hall–Kier alpha value is -4.66. The van der Waals surface area contributed by atoms with Crippen LogP contribution in [-0.4, -0.2) is 6.54 Å². The normalized spacial score (nSPS) is 15.0. The molecule has 0 aliphatic carbocycles. The van der Waals surface area contributed by atoms with Crippen LogP contribution in [0.2, 0.25) is 0 Å². The van der Waals surface area contributed by atoms with Crippen molar-refractivity contribution >= 4 is 48.5 Å². The van der Waals surface area contributed by atoms with Gasteiger partial charge in [-0.2, -0.15) is 0 Å². The average molecular weight is 518 g/mol. The van der Waals surface area contributed by atoms with Gasteiger partial charge in [-0.15, -0.1) is 11.3 Å². The zero-order valence-electron chi connectivity index (χ0n) is 21.5. The van der Waals surface area contributed by atoms with Crippen LogP contribution in [0.1, 0.15) is 5.56 Å². The topological polar surface area (TPSA) is 3.24 Å². The van der Waals surface area contributed by atoms with Crippen molar-refractivity contribution in [3.8, 4) is 22.3 Å². The van der Waals surface area contributed by atoms with Crippen LogP contribution >= 0.6 is 11.3 Å². The van der Waals surface area contributed by atoms with Crippen molar-refractivity contribution in [1.82, 2.24) is 0 Å². The lowest BCUT2D eigenvalue weighted by Gasteiger charge is -2.26. The van der Waals surface area contributed by atoms with Gasteiger partial charge in [0.05, 0.1) is 0 Å². The van der Waals surface area contributed by atoms with Crippen LogP contribution in [0, 0.1) is 0 Å². The molecule has 5 aromatic carbocycles. The third kappa shape index (κ3) is 4.29. The number of thiophene rings is 1. The summed E-state index contributed by atoms with van der Waals surface area (Å²) in [7, 11) is 0. The highest BCUT2D eigenvalue weighted by Gasteiger charge is 2.15. The van der Waals surface area contributed by atoms with E-state index in [9.17, 15) is 0 Å². The second kappa shape index (κ2) is 9.90. The van der Waals surface area contributed by atoms with E-state index < -0.39 is 0 Å². The zero-order valence-corrected chi connectivity index (χ0v) is 22.4. The summed E-state index contributed by atoms with van der Waals surface area (Å²) in [6, 6.07) is 41.7. The van der Waals surface area contributed by atoms with Crippen molar-refractivity contribution in [2.24, 2.45) is 0 Å². The Kier molecular flexibility index (Phi) is 5.96. The first kappa shape index (κ1) is 23.5. The molecule has 0 saturated heterocycles. The number of nitrogens with zero attached hydrogens (tertiary/aromatic N) is 1. The second-order valence-electron chi connectivity index (χ2n) is 9.85. The summed E-state index contributed by atoms with van der Waals surface area (Å²) in [5.74, 6) is 0. The number of rotatable bonds is 3. The van der Waals surface area contributed by atoms with Crippen LogP contribution in [0.3, 0.4) is 0 Å². The van der Waals surface area contributed by atoms with Crippen molar-refractivity contribution < 1.29 is 0 Å². The molecular weight excluding hydrogens is 490 g/mol. The van der Waals surface area contributed by atoms with Gasteiger partial charge < -0.3 is 4.90 Å². The molecule has 1 aromatic heterocycles. The molecule has 186 valence electrons. The van der Waals surface area contributed by atoms with Crippen LogP contribution in [0.4, 0.5) is 11.4 Å². The molecule has 2 heterocycles. The summed E-state index contributed by atoms with van der Waals surface area (Å²) in [6.07, 6.45) is 8.44. The smallest absolute Gasteiger partial charge is 0.0493 e. The molecule has 1 aliphatic rings. The van der Waals surface area contributed by atoms with Gasteiger partial charge in [0.15, 0.2) is 0 Å². The van der Waals surface area contributed by atoms with Crippen LogP contribution in [0.5, 0.6) is 0 Å². The molecule has 0 amide bonds. The summed E-state index contributed by atoms with van der Waals surface area (Å²) in [6.45, 7) is 5.09. The zero-order chi connectivity index (χ0) is 26.2. The van der Waals surface area contributed by atoms with Crippen LogP contribution < -0.4 is 4.90 Å². The molecule has 0 radical (unpaired) electrons. The summed E-state index contributed by atoms with van der Waals surface area (Å²) in [5, 5.41) is 2.67. The average Bonchev–Trinajstić information content (AvgIpc) is 3.40. The van der Waals surface area contributed by atoms with E-state index in [1.807, 2.05) is 11.3 Å². The van der Waals surface area contributed by atoms with Gasteiger partial charge in [0.25, 0.3) is 0 Å². The van der Waals surface area contributed by atoms with Crippen molar-refractivity contribution in [2.45, 2.75) is 0 Å². The Balaban J connectivity index is 1.25. The number of para-hydroxylation sites is 1. The predicted octanol–water partition coefficient (Wildman–Crippen LogP) is 10.7. The largest absolute Gasteiger partial charge is 0.337 e. The summed E-state index contributed by atoms with van der Waals surface area (Å²) in [5.41, 5.74) is 9.48. The van der Waals surface area contributed by atoms with E-state index in [2.05, 4.69) is 151 Å². The first-order chi connectivity index (χ1) is 19.3. The molecular formula is C37H27NS. The van der Waals surface area contributed by atoms with Crippen LogP contribution in [0.15, 0.2) is 146 Å². The van der Waals surface area contributed by atoms with Gasteiger partial charge in [0.2, 0.25) is 0 Å². The van der Waals surface area contributed by atoms with Gasteiger partial charge in [0.1, 0.15) is 0 Å². The Labute approximate surface area is 233 Å². The molecule has 0 atom stereocenters. The van der Waals surface area contributed by atoms with E-state index >= 15 is 0 Å². The Morgan fingerprint density at radius 3 is 2.28 bits per heavy atom. The molecule has 1 nitrogen and oxygen atoms in total.